The van der Waals surface area contributed by atoms with E-state index >= 15 is 0 Å². The van der Waals surface area contributed by atoms with Gasteiger partial charge >= 0.3 is 0 Å². The molecule has 0 bridgehead atoms. The molecule has 23 heavy (non-hydrogen) atoms. The fraction of sp³-hybridized carbons (Fsp3) is 0.688. The Hall–Kier alpha value is -0.380. The number of guanidine groups is 1. The van der Waals surface area contributed by atoms with Crippen LogP contribution in [0.25, 0.3) is 0 Å². The van der Waals surface area contributed by atoms with Gasteiger partial charge in [-0.3, -0.25) is 4.99 Å². The van der Waals surface area contributed by atoms with Gasteiger partial charge in [0.05, 0.1) is 19.3 Å². The highest BCUT2D eigenvalue weighted by Gasteiger charge is 2.17. The lowest BCUT2D eigenvalue weighted by Gasteiger charge is -2.20. The van der Waals surface area contributed by atoms with E-state index in [1.807, 2.05) is 0 Å². The zero-order valence-electron chi connectivity index (χ0n) is 14.1. The van der Waals surface area contributed by atoms with E-state index in [9.17, 15) is 0 Å². The lowest BCUT2D eigenvalue weighted by molar-refractivity contribution is 0.0347. The Morgan fingerprint density at radius 1 is 1.52 bits per heavy atom. The van der Waals surface area contributed by atoms with E-state index in [1.54, 1.807) is 18.4 Å². The number of aliphatic imine (C=N–C) groups is 1. The largest absolute Gasteiger partial charge is 0.379 e. The van der Waals surface area contributed by atoms with Crippen LogP contribution in [0.4, 0.5) is 0 Å². The van der Waals surface area contributed by atoms with Gasteiger partial charge in [0.2, 0.25) is 0 Å². The first-order chi connectivity index (χ1) is 10.7. The van der Waals surface area contributed by atoms with Crippen molar-refractivity contribution < 1.29 is 9.47 Å². The van der Waals surface area contributed by atoms with Crippen LogP contribution in [0.15, 0.2) is 22.5 Å². The van der Waals surface area contributed by atoms with Gasteiger partial charge < -0.3 is 20.1 Å². The number of hydrogen-bond donors (Lipinski definition) is 2. The molecule has 7 heteroatoms. The summed E-state index contributed by atoms with van der Waals surface area (Å²) in [7, 11) is 1.80. The third-order valence-electron chi connectivity index (χ3n) is 3.68. The van der Waals surface area contributed by atoms with Crippen LogP contribution < -0.4 is 10.6 Å². The molecule has 1 aromatic rings. The average Bonchev–Trinajstić information content (AvgIpc) is 3.22. The van der Waals surface area contributed by atoms with E-state index in [1.165, 1.54) is 4.88 Å². The van der Waals surface area contributed by atoms with E-state index in [2.05, 4.69) is 47.0 Å². The maximum atomic E-state index is 5.83. The maximum absolute atomic E-state index is 5.83. The predicted octanol–water partition coefficient (Wildman–Crippen LogP) is 2.83. The maximum Gasteiger partial charge on any atom is 0.191 e. The molecular formula is C16H28IN3O2S. The summed E-state index contributed by atoms with van der Waals surface area (Å²) in [6, 6.07) is 4.48. The van der Waals surface area contributed by atoms with Gasteiger partial charge in [0.1, 0.15) is 0 Å². The van der Waals surface area contributed by atoms with Gasteiger partial charge in [-0.05, 0) is 24.8 Å². The Morgan fingerprint density at radius 2 is 2.35 bits per heavy atom. The zero-order valence-corrected chi connectivity index (χ0v) is 17.2. The van der Waals surface area contributed by atoms with Crippen molar-refractivity contribution in [3.05, 3.63) is 22.4 Å². The molecule has 1 aromatic heterocycles. The van der Waals surface area contributed by atoms with E-state index in [-0.39, 0.29) is 36.1 Å². The second-order valence-electron chi connectivity index (χ2n) is 5.73. The molecule has 132 valence electrons. The topological polar surface area (TPSA) is 54.9 Å². The summed E-state index contributed by atoms with van der Waals surface area (Å²) in [6.07, 6.45) is 1.25. The summed E-state index contributed by atoms with van der Waals surface area (Å²) in [5, 5.41) is 8.87. The molecule has 2 heterocycles. The summed E-state index contributed by atoms with van der Waals surface area (Å²) in [5.41, 5.74) is 0. The molecule has 1 aliphatic heterocycles. The minimum atomic E-state index is 0. The van der Waals surface area contributed by atoms with Gasteiger partial charge in [-0.15, -0.1) is 35.3 Å². The first-order valence-corrected chi connectivity index (χ1v) is 8.77. The minimum Gasteiger partial charge on any atom is -0.379 e. The summed E-state index contributed by atoms with van der Waals surface area (Å²) < 4.78 is 11.1. The van der Waals surface area contributed by atoms with E-state index in [0.717, 1.165) is 32.1 Å². The van der Waals surface area contributed by atoms with Gasteiger partial charge in [0.25, 0.3) is 0 Å². The van der Waals surface area contributed by atoms with Crippen molar-refractivity contribution in [1.29, 1.82) is 0 Å². The van der Waals surface area contributed by atoms with Crippen molar-refractivity contribution in [3.8, 4) is 0 Å². The Labute approximate surface area is 160 Å². The Morgan fingerprint density at radius 3 is 2.96 bits per heavy atom. The fourth-order valence-electron chi connectivity index (χ4n) is 2.32. The fourth-order valence-corrected chi connectivity index (χ4v) is 3.10. The van der Waals surface area contributed by atoms with Crippen molar-refractivity contribution in [1.82, 2.24) is 10.6 Å². The van der Waals surface area contributed by atoms with Gasteiger partial charge in [0, 0.05) is 37.0 Å². The average molecular weight is 453 g/mol. The third-order valence-corrected chi connectivity index (χ3v) is 4.78. The molecule has 0 radical (unpaired) electrons. The van der Waals surface area contributed by atoms with Crippen molar-refractivity contribution in [2.45, 2.75) is 38.3 Å². The quantitative estimate of drug-likeness (QED) is 0.379. The molecule has 1 aliphatic rings. The SMILES string of the molecule is CN=C(NCC(C)c1cccs1)NC(C)COC1CCOC1.I. The van der Waals surface area contributed by atoms with Gasteiger partial charge in [-0.2, -0.15) is 0 Å². The van der Waals surface area contributed by atoms with Gasteiger partial charge in [-0.1, -0.05) is 13.0 Å². The monoisotopic (exact) mass is 453 g/mol. The number of rotatable bonds is 7. The summed E-state index contributed by atoms with van der Waals surface area (Å²) >= 11 is 1.79. The molecule has 0 spiro atoms. The standard InChI is InChI=1S/C16H27N3O2S.HI/c1-12(15-5-4-8-22-15)9-18-16(17-3)19-13(2)10-21-14-6-7-20-11-14;/h4-5,8,12-14H,6-7,9-11H2,1-3H3,(H2,17,18,19);1H. The van der Waals surface area contributed by atoms with Crippen LogP contribution in [-0.4, -0.2) is 51.5 Å². The van der Waals surface area contributed by atoms with Crippen LogP contribution in [-0.2, 0) is 9.47 Å². The molecule has 2 rings (SSSR count). The normalized spacial score (nSPS) is 20.7. The summed E-state index contributed by atoms with van der Waals surface area (Å²) in [6.45, 7) is 7.39. The van der Waals surface area contributed by atoms with Gasteiger partial charge in [-0.25, -0.2) is 0 Å². The molecule has 3 unspecified atom stereocenters. The van der Waals surface area contributed by atoms with Crippen LogP contribution in [0.1, 0.15) is 31.1 Å². The highest BCUT2D eigenvalue weighted by molar-refractivity contribution is 14.0. The van der Waals surface area contributed by atoms with E-state index < -0.39 is 0 Å². The number of ether oxygens (including phenoxy) is 2. The molecule has 1 fully saturated rings. The number of nitrogens with zero attached hydrogens (tertiary/aromatic N) is 1. The Balaban J connectivity index is 0.00000264. The van der Waals surface area contributed by atoms with E-state index in [4.69, 9.17) is 9.47 Å². The molecule has 0 aromatic carbocycles. The van der Waals surface area contributed by atoms with Crippen LogP contribution >= 0.6 is 35.3 Å². The van der Waals surface area contributed by atoms with Crippen molar-refractivity contribution in [3.63, 3.8) is 0 Å². The molecule has 5 nitrogen and oxygen atoms in total. The molecule has 0 aliphatic carbocycles. The third kappa shape index (κ3) is 7.36. The second-order valence-corrected chi connectivity index (χ2v) is 6.71. The van der Waals surface area contributed by atoms with E-state index in [0.29, 0.717) is 12.5 Å². The molecule has 0 saturated carbocycles. The van der Waals surface area contributed by atoms with Crippen LogP contribution in [0.2, 0.25) is 0 Å². The minimum absolute atomic E-state index is 0. The first-order valence-electron chi connectivity index (χ1n) is 7.89. The lowest BCUT2D eigenvalue weighted by Crippen LogP contribution is -2.45. The molecular weight excluding hydrogens is 425 g/mol. The predicted molar refractivity (Wildman–Crippen MR) is 107 cm³/mol. The number of halogens is 1. The number of hydrogen-bond acceptors (Lipinski definition) is 4. The highest BCUT2D eigenvalue weighted by atomic mass is 127. The molecule has 0 amide bonds. The second kappa shape index (κ2) is 11.2. The molecule has 1 saturated heterocycles. The number of thiophene rings is 1. The van der Waals surface area contributed by atoms with Gasteiger partial charge in [0.15, 0.2) is 5.96 Å². The van der Waals surface area contributed by atoms with Crippen LogP contribution in [0.3, 0.4) is 0 Å². The van der Waals surface area contributed by atoms with Crippen molar-refractivity contribution >= 4 is 41.3 Å². The van der Waals surface area contributed by atoms with Crippen molar-refractivity contribution in [2.75, 3.05) is 33.4 Å². The van der Waals surface area contributed by atoms with Crippen molar-refractivity contribution in [2.24, 2.45) is 4.99 Å². The highest BCUT2D eigenvalue weighted by Crippen LogP contribution is 2.19. The Bertz CT molecular complexity index is 450. The number of nitrogens with one attached hydrogen (secondary N) is 2. The van der Waals surface area contributed by atoms with Crippen LogP contribution in [0, 0.1) is 0 Å². The molecule has 3 atom stereocenters. The van der Waals surface area contributed by atoms with Crippen LogP contribution in [0.5, 0.6) is 0 Å². The summed E-state index contributed by atoms with van der Waals surface area (Å²) in [5.74, 6) is 1.29. The Kier molecular flexibility index (Phi) is 10.1. The zero-order chi connectivity index (χ0) is 15.8. The molecule has 2 N–H and O–H groups in total. The first kappa shape index (κ1) is 20.7. The summed E-state index contributed by atoms with van der Waals surface area (Å²) in [4.78, 5) is 5.67. The lowest BCUT2D eigenvalue weighted by atomic mass is 10.1. The smallest absolute Gasteiger partial charge is 0.191 e.